The molecule has 3 radical (unpaired) electrons. The number of esters is 1. The second kappa shape index (κ2) is 7.03. The Hall–Kier alpha value is -1.15. The predicted molar refractivity (Wildman–Crippen MR) is 78.8 cm³/mol. The molecule has 2 atom stereocenters. The summed E-state index contributed by atoms with van der Waals surface area (Å²) in [6.45, 7) is 0. The molecule has 1 aromatic rings. The number of benzene rings is 1. The van der Waals surface area contributed by atoms with Gasteiger partial charge in [0, 0.05) is 16.4 Å². The van der Waals surface area contributed by atoms with Crippen LogP contribution in [0.2, 0.25) is 0 Å². The van der Waals surface area contributed by atoms with E-state index < -0.39 is 18.4 Å². The van der Waals surface area contributed by atoms with Crippen LogP contribution in [-0.4, -0.2) is 31.8 Å². The van der Waals surface area contributed by atoms with Crippen molar-refractivity contribution in [3.05, 3.63) is 46.6 Å². The molecule has 1 aliphatic heterocycles. The van der Waals surface area contributed by atoms with E-state index in [1.807, 2.05) is 0 Å². The second-order valence-corrected chi connectivity index (χ2v) is 5.19. The molecule has 1 unspecified atom stereocenters. The van der Waals surface area contributed by atoms with Gasteiger partial charge in [-0.05, 0) is 47.2 Å². The Kier molecular flexibility index (Phi) is 5.36. The monoisotopic (exact) mass is 387 g/mol. The Morgan fingerprint density at radius 3 is 2.90 bits per heavy atom. The van der Waals surface area contributed by atoms with Crippen LogP contribution < -0.4 is 4.74 Å². The zero-order valence-corrected chi connectivity index (χ0v) is 12.8. The van der Waals surface area contributed by atoms with Crippen molar-refractivity contribution >= 4 is 34.8 Å². The van der Waals surface area contributed by atoms with Crippen molar-refractivity contribution < 1.29 is 23.8 Å². The summed E-state index contributed by atoms with van der Waals surface area (Å²) in [5.41, 5.74) is 0.423. The fourth-order valence-electron chi connectivity index (χ4n) is 1.64. The molecule has 1 aromatic carbocycles. The molecule has 0 N–H and O–H groups in total. The van der Waals surface area contributed by atoms with E-state index in [1.165, 1.54) is 7.11 Å². The molecule has 1 fully saturated rings. The van der Waals surface area contributed by atoms with Gasteiger partial charge in [-0.15, -0.1) is 0 Å². The molecule has 1 heterocycles. The van der Waals surface area contributed by atoms with Crippen LogP contribution in [0.15, 0.2) is 18.2 Å². The summed E-state index contributed by atoms with van der Waals surface area (Å²) >= 11 is 2.12. The lowest BCUT2D eigenvalue weighted by Gasteiger charge is -2.28. The minimum absolute atomic E-state index is 0.409. The number of carbonyl (C=O) groups is 2. The van der Waals surface area contributed by atoms with Gasteiger partial charge in [0.05, 0.1) is 12.7 Å². The van der Waals surface area contributed by atoms with Crippen molar-refractivity contribution in [2.24, 2.45) is 0 Å². The summed E-state index contributed by atoms with van der Waals surface area (Å²) in [5, 5.41) is 0. The third-order valence-electron chi connectivity index (χ3n) is 2.61. The molecular weight excluding hydrogens is 375 g/mol. The molecule has 105 valence electrons. The molecule has 1 saturated heterocycles. The minimum Gasteiger partial charge on any atom is -0.467 e. The van der Waals surface area contributed by atoms with Gasteiger partial charge in [0.2, 0.25) is 6.29 Å². The van der Waals surface area contributed by atoms with Gasteiger partial charge in [-0.3, -0.25) is 4.79 Å². The van der Waals surface area contributed by atoms with Gasteiger partial charge in [-0.25, -0.2) is 4.79 Å². The normalized spacial score (nSPS) is 22.1. The second-order valence-electron chi connectivity index (χ2n) is 3.94. The molecule has 2 rings (SSSR count). The Labute approximate surface area is 130 Å². The quantitative estimate of drug-likeness (QED) is 0.449. The standard InChI is InChI=1S/C14H12IO5/c1-18-14(17)11-3-2-4-13(19-11)20-12-7-10(15)6-5-9(12)8-16/h2-8,11,13H,1H3/t11-,13?/m0/s1. The van der Waals surface area contributed by atoms with Gasteiger partial charge in [0.15, 0.2) is 12.4 Å². The van der Waals surface area contributed by atoms with Crippen molar-refractivity contribution in [1.82, 2.24) is 0 Å². The summed E-state index contributed by atoms with van der Waals surface area (Å²) < 4.78 is 16.6. The minimum atomic E-state index is -0.808. The maximum absolute atomic E-state index is 11.4. The highest BCUT2D eigenvalue weighted by atomic mass is 127. The molecule has 6 heteroatoms. The summed E-state index contributed by atoms with van der Waals surface area (Å²) in [5.74, 6) is -0.0896. The first-order chi connectivity index (χ1) is 9.63. The summed E-state index contributed by atoms with van der Waals surface area (Å²) in [6.07, 6.45) is 4.04. The largest absolute Gasteiger partial charge is 0.467 e. The molecule has 5 nitrogen and oxygen atoms in total. The van der Waals surface area contributed by atoms with Crippen LogP contribution in [0.1, 0.15) is 10.4 Å². The van der Waals surface area contributed by atoms with Crippen LogP contribution in [0.4, 0.5) is 0 Å². The SMILES string of the molecule is COC(=O)[C@@H]1[CH][CH][CH]C(Oc2cc(I)ccc2C=O)O1. The van der Waals surface area contributed by atoms with Gasteiger partial charge >= 0.3 is 5.97 Å². The molecular formula is C14H12IO5. The van der Waals surface area contributed by atoms with Crippen molar-refractivity contribution in [2.45, 2.75) is 12.4 Å². The van der Waals surface area contributed by atoms with E-state index in [0.717, 1.165) is 3.57 Å². The lowest BCUT2D eigenvalue weighted by atomic mass is 10.1. The number of halogens is 1. The van der Waals surface area contributed by atoms with Crippen LogP contribution in [-0.2, 0) is 14.3 Å². The molecule has 0 spiro atoms. The molecule has 0 aromatic heterocycles. The van der Waals surface area contributed by atoms with Gasteiger partial charge in [-0.1, -0.05) is 0 Å². The number of rotatable bonds is 4. The van der Waals surface area contributed by atoms with Crippen LogP contribution in [0, 0.1) is 22.8 Å². The maximum Gasteiger partial charge on any atom is 0.335 e. The van der Waals surface area contributed by atoms with Crippen LogP contribution >= 0.6 is 22.6 Å². The highest BCUT2D eigenvalue weighted by Gasteiger charge is 2.30. The topological polar surface area (TPSA) is 61.8 Å². The molecule has 1 aliphatic rings. The predicted octanol–water partition coefficient (Wildman–Crippen LogP) is 1.99. The van der Waals surface area contributed by atoms with Gasteiger partial charge in [0.25, 0.3) is 0 Å². The fraction of sp³-hybridized carbons (Fsp3) is 0.214. The summed E-state index contributed by atoms with van der Waals surface area (Å²) in [6, 6.07) is 5.20. The van der Waals surface area contributed by atoms with Gasteiger partial charge < -0.3 is 14.2 Å². The molecule has 0 saturated carbocycles. The number of methoxy groups -OCH3 is 1. The summed E-state index contributed by atoms with van der Waals surface area (Å²) in [4.78, 5) is 22.4. The Morgan fingerprint density at radius 2 is 2.20 bits per heavy atom. The summed E-state index contributed by atoms with van der Waals surface area (Å²) in [7, 11) is 1.29. The smallest absolute Gasteiger partial charge is 0.335 e. The first kappa shape index (κ1) is 15.2. The molecule has 0 bridgehead atoms. The van der Waals surface area contributed by atoms with E-state index >= 15 is 0 Å². The lowest BCUT2D eigenvalue weighted by Crippen LogP contribution is -2.38. The zero-order chi connectivity index (χ0) is 14.5. The fourth-order valence-corrected chi connectivity index (χ4v) is 2.10. The van der Waals surface area contributed by atoms with Crippen molar-refractivity contribution in [2.75, 3.05) is 7.11 Å². The number of carbonyl (C=O) groups excluding carboxylic acids is 2. The van der Waals surface area contributed by atoms with Crippen molar-refractivity contribution in [1.29, 1.82) is 0 Å². The van der Waals surface area contributed by atoms with Crippen molar-refractivity contribution in [3.63, 3.8) is 0 Å². The van der Waals surface area contributed by atoms with E-state index in [-0.39, 0.29) is 0 Å². The lowest BCUT2D eigenvalue weighted by molar-refractivity contribution is -0.165. The van der Waals surface area contributed by atoms with Crippen LogP contribution in [0.3, 0.4) is 0 Å². The number of ether oxygens (including phenoxy) is 3. The maximum atomic E-state index is 11.4. The first-order valence-electron chi connectivity index (χ1n) is 5.80. The van der Waals surface area contributed by atoms with E-state index in [4.69, 9.17) is 9.47 Å². The van der Waals surface area contributed by atoms with Crippen LogP contribution in [0.25, 0.3) is 0 Å². The van der Waals surface area contributed by atoms with Gasteiger partial charge in [-0.2, -0.15) is 0 Å². The highest BCUT2D eigenvalue weighted by Crippen LogP contribution is 2.25. The molecule has 20 heavy (non-hydrogen) atoms. The number of aldehydes is 1. The van der Waals surface area contributed by atoms with E-state index in [1.54, 1.807) is 37.5 Å². The number of hydrogen-bond acceptors (Lipinski definition) is 5. The average molecular weight is 387 g/mol. The Bertz CT molecular complexity index is 502. The molecule has 0 amide bonds. The average Bonchev–Trinajstić information content (AvgIpc) is 2.47. The Balaban J connectivity index is 2.08. The highest BCUT2D eigenvalue weighted by molar-refractivity contribution is 14.1. The number of hydrogen-bond donors (Lipinski definition) is 0. The third-order valence-corrected chi connectivity index (χ3v) is 3.29. The third kappa shape index (κ3) is 3.69. The molecule has 0 aliphatic carbocycles. The van der Waals surface area contributed by atoms with E-state index in [0.29, 0.717) is 17.6 Å². The van der Waals surface area contributed by atoms with Crippen molar-refractivity contribution in [3.8, 4) is 5.75 Å². The first-order valence-corrected chi connectivity index (χ1v) is 6.88. The van der Waals surface area contributed by atoms with E-state index in [9.17, 15) is 9.59 Å². The Morgan fingerprint density at radius 1 is 1.40 bits per heavy atom. The van der Waals surface area contributed by atoms with E-state index in [2.05, 4.69) is 27.3 Å². The van der Waals surface area contributed by atoms with Gasteiger partial charge in [0.1, 0.15) is 5.75 Å². The van der Waals surface area contributed by atoms with Crippen LogP contribution in [0.5, 0.6) is 5.75 Å². The zero-order valence-electron chi connectivity index (χ0n) is 10.6.